The van der Waals surface area contributed by atoms with Crippen LogP contribution >= 0.6 is 0 Å². The van der Waals surface area contributed by atoms with Gasteiger partial charge in [-0.15, -0.1) is 0 Å². The van der Waals surface area contributed by atoms with E-state index in [-0.39, 0.29) is 5.69 Å². The van der Waals surface area contributed by atoms with Crippen LogP contribution in [-0.4, -0.2) is 52.2 Å². The Bertz CT molecular complexity index is 983. The molecule has 7 heteroatoms. The minimum absolute atomic E-state index is 0.217. The number of nitrogens with one attached hydrogen (secondary N) is 2. The van der Waals surface area contributed by atoms with Crippen molar-refractivity contribution in [1.29, 1.82) is 0 Å². The van der Waals surface area contributed by atoms with Crippen LogP contribution in [0.5, 0.6) is 0 Å². The number of hydrogen-bond acceptors (Lipinski definition) is 3. The first-order valence-electron chi connectivity index (χ1n) is 8.16. The summed E-state index contributed by atoms with van der Waals surface area (Å²) in [6.45, 7) is 2.31. The molecule has 128 valence electrons. The molecule has 3 aromatic rings. The van der Waals surface area contributed by atoms with Crippen molar-refractivity contribution in [3.63, 3.8) is 0 Å². The summed E-state index contributed by atoms with van der Waals surface area (Å²) in [5.74, 6) is 0. The number of piperazine rings is 1. The molecule has 1 aliphatic heterocycles. The maximum Gasteiger partial charge on any atom is 0.407 e. The van der Waals surface area contributed by atoms with Gasteiger partial charge in [-0.1, -0.05) is 24.3 Å². The number of rotatable bonds is 2. The number of hydrogen-bond donors (Lipinski definition) is 3. The molecule has 0 spiro atoms. The van der Waals surface area contributed by atoms with Gasteiger partial charge >= 0.3 is 11.8 Å². The van der Waals surface area contributed by atoms with Crippen molar-refractivity contribution in [3.8, 4) is 11.1 Å². The van der Waals surface area contributed by atoms with E-state index in [9.17, 15) is 9.59 Å². The second-order valence-corrected chi connectivity index (χ2v) is 6.11. The SMILES string of the molecule is O=C(O)N1CCN(c2ccccc2-c2ccc3[nH]c(=O)[nH]c3c2)CC1. The fourth-order valence-electron chi connectivity index (χ4n) is 3.33. The molecule has 1 saturated heterocycles. The van der Waals surface area contributed by atoms with Crippen LogP contribution in [0.3, 0.4) is 0 Å². The molecule has 1 aromatic heterocycles. The van der Waals surface area contributed by atoms with Crippen LogP contribution in [0, 0.1) is 0 Å². The lowest BCUT2D eigenvalue weighted by molar-refractivity contribution is 0.142. The summed E-state index contributed by atoms with van der Waals surface area (Å²) in [7, 11) is 0. The molecule has 0 bridgehead atoms. The zero-order valence-corrected chi connectivity index (χ0v) is 13.5. The lowest BCUT2D eigenvalue weighted by Crippen LogP contribution is -2.48. The maximum atomic E-state index is 11.5. The number of fused-ring (bicyclic) bond motifs is 1. The molecular formula is C18H18N4O3. The van der Waals surface area contributed by atoms with E-state index >= 15 is 0 Å². The summed E-state index contributed by atoms with van der Waals surface area (Å²) in [4.78, 5) is 31.7. The fraction of sp³-hybridized carbons (Fsp3) is 0.222. The highest BCUT2D eigenvalue weighted by atomic mass is 16.4. The third-order valence-electron chi connectivity index (χ3n) is 4.62. The number of aromatic nitrogens is 2. The topological polar surface area (TPSA) is 92.4 Å². The van der Waals surface area contributed by atoms with E-state index in [0.29, 0.717) is 26.2 Å². The summed E-state index contributed by atoms with van der Waals surface area (Å²) in [5, 5.41) is 9.11. The van der Waals surface area contributed by atoms with Crippen LogP contribution in [0.1, 0.15) is 0 Å². The molecular weight excluding hydrogens is 320 g/mol. The number of carbonyl (C=O) groups is 1. The van der Waals surface area contributed by atoms with Crippen LogP contribution in [0.4, 0.5) is 10.5 Å². The summed E-state index contributed by atoms with van der Waals surface area (Å²) in [5.41, 5.74) is 4.48. The van der Waals surface area contributed by atoms with E-state index in [2.05, 4.69) is 20.9 Å². The highest BCUT2D eigenvalue weighted by Crippen LogP contribution is 2.32. The number of para-hydroxylation sites is 1. The van der Waals surface area contributed by atoms with Crippen molar-refractivity contribution < 1.29 is 9.90 Å². The third kappa shape index (κ3) is 2.84. The molecule has 0 aliphatic carbocycles. The third-order valence-corrected chi connectivity index (χ3v) is 4.62. The molecule has 1 fully saturated rings. The Kier molecular flexibility index (Phi) is 3.68. The number of nitrogens with zero attached hydrogens (tertiary/aromatic N) is 2. The standard InChI is InChI=1S/C18H18N4O3/c23-17-19-14-6-5-12(11-15(14)20-17)13-3-1-2-4-16(13)21-7-9-22(10-8-21)18(24)25/h1-6,11H,7-10H2,(H,24,25)(H2,19,20,23). The van der Waals surface area contributed by atoms with Gasteiger partial charge in [0.1, 0.15) is 0 Å². The summed E-state index contributed by atoms with van der Waals surface area (Å²) in [6.07, 6.45) is -0.866. The van der Waals surface area contributed by atoms with Crippen LogP contribution < -0.4 is 10.6 Å². The number of carboxylic acid groups (broad SMARTS) is 1. The molecule has 0 atom stereocenters. The summed E-state index contributed by atoms with van der Waals surface area (Å²) >= 11 is 0. The molecule has 3 N–H and O–H groups in total. The van der Waals surface area contributed by atoms with Crippen molar-refractivity contribution in [3.05, 3.63) is 52.9 Å². The second kappa shape index (κ2) is 6.01. The molecule has 0 unspecified atom stereocenters. The predicted molar refractivity (Wildman–Crippen MR) is 96.2 cm³/mol. The Morgan fingerprint density at radius 3 is 2.44 bits per heavy atom. The van der Waals surface area contributed by atoms with E-state index in [4.69, 9.17) is 5.11 Å². The normalized spacial score (nSPS) is 14.9. The highest BCUT2D eigenvalue weighted by Gasteiger charge is 2.22. The number of H-pyrrole nitrogens is 2. The average molecular weight is 338 g/mol. The van der Waals surface area contributed by atoms with Crippen LogP contribution in [0.25, 0.3) is 22.2 Å². The predicted octanol–water partition coefficient (Wildman–Crippen LogP) is 2.32. The van der Waals surface area contributed by atoms with Gasteiger partial charge in [0, 0.05) is 37.4 Å². The van der Waals surface area contributed by atoms with Gasteiger partial charge in [-0.25, -0.2) is 9.59 Å². The van der Waals surface area contributed by atoms with Gasteiger partial charge in [-0.3, -0.25) is 0 Å². The van der Waals surface area contributed by atoms with Crippen molar-refractivity contribution in [2.45, 2.75) is 0 Å². The van der Waals surface area contributed by atoms with Crippen LogP contribution in [0.15, 0.2) is 47.3 Å². The summed E-state index contributed by atoms with van der Waals surface area (Å²) in [6, 6.07) is 13.9. The lowest BCUT2D eigenvalue weighted by atomic mass is 10.0. The molecule has 1 aliphatic rings. The monoisotopic (exact) mass is 338 g/mol. The van der Waals surface area contributed by atoms with Crippen molar-refractivity contribution in [2.75, 3.05) is 31.1 Å². The Balaban J connectivity index is 1.69. The van der Waals surface area contributed by atoms with Crippen molar-refractivity contribution in [1.82, 2.24) is 14.9 Å². The van der Waals surface area contributed by atoms with Gasteiger partial charge in [0.25, 0.3) is 0 Å². The first-order valence-corrected chi connectivity index (χ1v) is 8.16. The van der Waals surface area contributed by atoms with Crippen molar-refractivity contribution in [2.24, 2.45) is 0 Å². The number of imidazole rings is 1. The Morgan fingerprint density at radius 1 is 0.960 bits per heavy atom. The number of benzene rings is 2. The van der Waals surface area contributed by atoms with Crippen LogP contribution in [-0.2, 0) is 0 Å². The molecule has 2 heterocycles. The lowest BCUT2D eigenvalue weighted by Gasteiger charge is -2.35. The Morgan fingerprint density at radius 2 is 1.68 bits per heavy atom. The molecule has 2 aromatic carbocycles. The average Bonchev–Trinajstić information content (AvgIpc) is 3.01. The molecule has 1 amide bonds. The minimum Gasteiger partial charge on any atom is -0.465 e. The Labute approximate surface area is 143 Å². The molecule has 25 heavy (non-hydrogen) atoms. The second-order valence-electron chi connectivity index (χ2n) is 6.11. The Hall–Kier alpha value is -3.22. The van der Waals surface area contributed by atoms with Gasteiger partial charge in [0.2, 0.25) is 0 Å². The van der Waals surface area contributed by atoms with Gasteiger partial charge in [0.15, 0.2) is 0 Å². The molecule has 4 rings (SSSR count). The van der Waals surface area contributed by atoms with E-state index in [1.165, 1.54) is 4.90 Å². The van der Waals surface area contributed by atoms with Gasteiger partial charge in [-0.2, -0.15) is 0 Å². The van der Waals surface area contributed by atoms with E-state index < -0.39 is 6.09 Å². The van der Waals surface area contributed by atoms with Gasteiger partial charge < -0.3 is 24.9 Å². The van der Waals surface area contributed by atoms with E-state index in [1.807, 2.05) is 36.4 Å². The largest absolute Gasteiger partial charge is 0.465 e. The molecule has 0 radical (unpaired) electrons. The van der Waals surface area contributed by atoms with E-state index in [1.54, 1.807) is 0 Å². The van der Waals surface area contributed by atoms with Gasteiger partial charge in [0.05, 0.1) is 11.0 Å². The highest BCUT2D eigenvalue weighted by molar-refractivity contribution is 5.86. The van der Waals surface area contributed by atoms with E-state index in [0.717, 1.165) is 27.8 Å². The first-order chi connectivity index (χ1) is 12.1. The van der Waals surface area contributed by atoms with Crippen molar-refractivity contribution >= 4 is 22.8 Å². The fourth-order valence-corrected chi connectivity index (χ4v) is 3.33. The number of anilines is 1. The summed E-state index contributed by atoms with van der Waals surface area (Å²) < 4.78 is 0. The smallest absolute Gasteiger partial charge is 0.407 e. The quantitative estimate of drug-likeness (QED) is 0.669. The van der Waals surface area contributed by atoms with Crippen LogP contribution in [0.2, 0.25) is 0 Å². The molecule has 7 nitrogen and oxygen atoms in total. The minimum atomic E-state index is -0.866. The number of amides is 1. The zero-order valence-electron chi connectivity index (χ0n) is 13.5. The first kappa shape index (κ1) is 15.3. The molecule has 0 saturated carbocycles. The van der Waals surface area contributed by atoms with Gasteiger partial charge in [-0.05, 0) is 23.8 Å². The maximum absolute atomic E-state index is 11.5. The zero-order chi connectivity index (χ0) is 17.4. The number of aromatic amines is 2.